The van der Waals surface area contributed by atoms with E-state index in [1.54, 1.807) is 18.3 Å². The molecule has 2 heterocycles. The first kappa shape index (κ1) is 20.9. The molecule has 1 aliphatic carbocycles. The first-order chi connectivity index (χ1) is 15.5. The lowest BCUT2D eigenvalue weighted by atomic mass is 9.86. The summed E-state index contributed by atoms with van der Waals surface area (Å²) in [4.78, 5) is 19.1. The van der Waals surface area contributed by atoms with Crippen molar-refractivity contribution in [1.82, 2.24) is 9.88 Å². The molecule has 6 nitrogen and oxygen atoms in total. The number of hydrogen-bond acceptors (Lipinski definition) is 5. The molecule has 32 heavy (non-hydrogen) atoms. The average Bonchev–Trinajstić information content (AvgIpc) is 3.62. The summed E-state index contributed by atoms with van der Waals surface area (Å²) in [5, 5.41) is 25.5. The van der Waals surface area contributed by atoms with Crippen LogP contribution in [0.15, 0.2) is 60.8 Å². The number of benzene rings is 2. The van der Waals surface area contributed by atoms with Gasteiger partial charge in [-0.3, -0.25) is 9.78 Å². The molecule has 1 atom stereocenters. The first-order valence-corrected chi connectivity index (χ1v) is 11.4. The minimum atomic E-state index is -0.915. The zero-order chi connectivity index (χ0) is 22.1. The van der Waals surface area contributed by atoms with E-state index in [4.69, 9.17) is 0 Å². The molecule has 6 heteroatoms. The zero-order valence-electron chi connectivity index (χ0n) is 18.1. The molecule has 1 unspecified atom stereocenters. The van der Waals surface area contributed by atoms with Crippen molar-refractivity contribution in [3.05, 3.63) is 71.9 Å². The number of aliphatic hydroxyl groups excluding tert-OH is 1. The van der Waals surface area contributed by atoms with E-state index in [2.05, 4.69) is 10.3 Å². The van der Waals surface area contributed by atoms with Crippen LogP contribution in [-0.4, -0.2) is 44.7 Å². The second-order valence-corrected chi connectivity index (χ2v) is 9.21. The molecule has 3 N–H and O–H groups in total. The lowest BCUT2D eigenvalue weighted by molar-refractivity contribution is -0.0267. The van der Waals surface area contributed by atoms with E-state index in [9.17, 15) is 15.0 Å². The van der Waals surface area contributed by atoms with E-state index < -0.39 is 11.8 Å². The quantitative estimate of drug-likeness (QED) is 0.512. The van der Waals surface area contributed by atoms with Gasteiger partial charge in [0, 0.05) is 41.5 Å². The Bertz CT molecular complexity index is 1100. The molecule has 2 aliphatic rings. The Morgan fingerprint density at radius 2 is 1.81 bits per heavy atom. The Morgan fingerprint density at radius 1 is 1.09 bits per heavy atom. The van der Waals surface area contributed by atoms with Crippen LogP contribution < -0.4 is 5.32 Å². The van der Waals surface area contributed by atoms with Gasteiger partial charge in [-0.2, -0.15) is 0 Å². The number of carbonyl (C=O) groups excluding carboxylic acids is 1. The van der Waals surface area contributed by atoms with Crippen molar-refractivity contribution < 1.29 is 15.0 Å². The van der Waals surface area contributed by atoms with Crippen molar-refractivity contribution in [3.63, 3.8) is 0 Å². The van der Waals surface area contributed by atoms with Gasteiger partial charge in [-0.05, 0) is 55.5 Å². The predicted octanol–water partition coefficient (Wildman–Crippen LogP) is 4.11. The van der Waals surface area contributed by atoms with Gasteiger partial charge < -0.3 is 20.4 Å². The van der Waals surface area contributed by atoms with Crippen molar-refractivity contribution in [3.8, 4) is 0 Å². The Balaban J connectivity index is 1.22. The second kappa shape index (κ2) is 8.52. The number of nitrogens with one attached hydrogen (secondary N) is 1. The number of fused-ring (bicyclic) bond motifs is 1. The van der Waals surface area contributed by atoms with Crippen molar-refractivity contribution in [1.29, 1.82) is 0 Å². The molecule has 5 rings (SSSR count). The summed E-state index contributed by atoms with van der Waals surface area (Å²) in [6.45, 7) is 1.18. The lowest BCUT2D eigenvalue weighted by Crippen LogP contribution is -2.46. The molecule has 1 aromatic heterocycles. The van der Waals surface area contributed by atoms with Gasteiger partial charge in [-0.25, -0.2) is 0 Å². The summed E-state index contributed by atoms with van der Waals surface area (Å²) in [6, 6.07) is 16.7. The van der Waals surface area contributed by atoms with Crippen LogP contribution in [0.5, 0.6) is 0 Å². The second-order valence-electron chi connectivity index (χ2n) is 9.21. The van der Waals surface area contributed by atoms with Crippen LogP contribution in [0.2, 0.25) is 0 Å². The fourth-order valence-corrected chi connectivity index (χ4v) is 4.67. The number of carbonyl (C=O) groups is 1. The van der Waals surface area contributed by atoms with Gasteiger partial charge in [0.1, 0.15) is 0 Å². The van der Waals surface area contributed by atoms with Crippen molar-refractivity contribution in [2.24, 2.45) is 5.92 Å². The number of anilines is 1. The standard InChI is InChI=1S/C26H29N3O3/c30-24(22-5-1-3-19-4-2-14-27-23(19)22)28-21-10-8-20(9-11-21)25(31)29-15-12-26(32,13-16-29)17-18-6-7-18/h1-5,8-11,14,18,24,28,30,32H,6-7,12-13,15-17H2. The van der Waals surface area contributed by atoms with Crippen LogP contribution >= 0.6 is 0 Å². The molecule has 166 valence electrons. The number of piperidine rings is 1. The number of hydrogen-bond donors (Lipinski definition) is 3. The average molecular weight is 432 g/mol. The Labute approximate surface area is 187 Å². The molecule has 1 saturated carbocycles. The molecule has 3 aromatic rings. The maximum absolute atomic E-state index is 12.9. The van der Waals surface area contributed by atoms with E-state index >= 15 is 0 Å². The van der Waals surface area contributed by atoms with Gasteiger partial charge in [0.15, 0.2) is 6.23 Å². The van der Waals surface area contributed by atoms with E-state index in [1.165, 1.54) is 12.8 Å². The predicted molar refractivity (Wildman–Crippen MR) is 124 cm³/mol. The van der Waals surface area contributed by atoms with Gasteiger partial charge in [0.05, 0.1) is 11.1 Å². The van der Waals surface area contributed by atoms with Gasteiger partial charge in [0.25, 0.3) is 5.91 Å². The Hall–Kier alpha value is -2.96. The molecule has 2 fully saturated rings. The monoisotopic (exact) mass is 431 g/mol. The Kier molecular flexibility index (Phi) is 5.57. The highest BCUT2D eigenvalue weighted by molar-refractivity contribution is 5.94. The van der Waals surface area contributed by atoms with Gasteiger partial charge in [0.2, 0.25) is 0 Å². The number of aromatic nitrogens is 1. The van der Waals surface area contributed by atoms with Crippen LogP contribution in [0.1, 0.15) is 54.3 Å². The van der Waals surface area contributed by atoms with Crippen molar-refractivity contribution in [2.75, 3.05) is 18.4 Å². The first-order valence-electron chi connectivity index (χ1n) is 11.4. The molecule has 0 radical (unpaired) electrons. The largest absolute Gasteiger partial charge is 0.390 e. The van der Waals surface area contributed by atoms with Gasteiger partial charge in [-0.1, -0.05) is 37.1 Å². The topological polar surface area (TPSA) is 85.7 Å². The maximum atomic E-state index is 12.9. The highest BCUT2D eigenvalue weighted by Crippen LogP contribution is 2.40. The molecule has 0 bridgehead atoms. The third kappa shape index (κ3) is 4.47. The molecule has 0 spiro atoms. The highest BCUT2D eigenvalue weighted by atomic mass is 16.3. The number of amides is 1. The van der Waals surface area contributed by atoms with Crippen molar-refractivity contribution >= 4 is 22.5 Å². The highest BCUT2D eigenvalue weighted by Gasteiger charge is 2.38. The SMILES string of the molecule is O=C(c1ccc(NC(O)c2cccc3cccnc23)cc1)N1CCC(O)(CC2CC2)CC1. The number of aliphatic hydroxyl groups is 2. The molecule has 2 aromatic carbocycles. The van der Waals surface area contributed by atoms with Crippen LogP contribution in [0.25, 0.3) is 10.9 Å². The molecular formula is C26H29N3O3. The summed E-state index contributed by atoms with van der Waals surface area (Å²) in [5.74, 6) is 0.672. The van der Waals surface area contributed by atoms with Crippen LogP contribution in [0.4, 0.5) is 5.69 Å². The number of likely N-dealkylation sites (tertiary alicyclic amines) is 1. The van der Waals surface area contributed by atoms with E-state index in [0.29, 0.717) is 43.0 Å². The normalized spacial score (nSPS) is 19.0. The molecule has 1 aliphatic heterocycles. The minimum absolute atomic E-state index is 0.0103. The summed E-state index contributed by atoms with van der Waals surface area (Å²) in [5.41, 5.74) is 2.20. The van der Waals surface area contributed by atoms with Crippen molar-refractivity contribution in [2.45, 2.75) is 43.9 Å². The Morgan fingerprint density at radius 3 is 2.53 bits per heavy atom. The smallest absolute Gasteiger partial charge is 0.253 e. The van der Waals surface area contributed by atoms with Gasteiger partial charge >= 0.3 is 0 Å². The lowest BCUT2D eigenvalue weighted by Gasteiger charge is -2.38. The molecule has 1 saturated heterocycles. The third-order valence-corrected chi connectivity index (χ3v) is 6.74. The zero-order valence-corrected chi connectivity index (χ0v) is 18.1. The van der Waals surface area contributed by atoms with E-state index in [-0.39, 0.29) is 5.91 Å². The van der Waals surface area contributed by atoms with E-state index in [1.807, 2.05) is 47.4 Å². The fourth-order valence-electron chi connectivity index (χ4n) is 4.67. The van der Waals surface area contributed by atoms with Gasteiger partial charge in [-0.15, -0.1) is 0 Å². The fraction of sp³-hybridized carbons (Fsp3) is 0.385. The summed E-state index contributed by atoms with van der Waals surface area (Å²) < 4.78 is 0. The number of nitrogens with zero attached hydrogens (tertiary/aromatic N) is 2. The van der Waals surface area contributed by atoms with Crippen LogP contribution in [0, 0.1) is 5.92 Å². The minimum Gasteiger partial charge on any atom is -0.390 e. The summed E-state index contributed by atoms with van der Waals surface area (Å²) >= 11 is 0. The van der Waals surface area contributed by atoms with Crippen LogP contribution in [-0.2, 0) is 0 Å². The molecule has 1 amide bonds. The third-order valence-electron chi connectivity index (χ3n) is 6.74. The summed E-state index contributed by atoms with van der Waals surface area (Å²) in [7, 11) is 0. The summed E-state index contributed by atoms with van der Waals surface area (Å²) in [6.07, 6.45) is 5.45. The number of rotatable bonds is 6. The van der Waals surface area contributed by atoms with E-state index in [0.717, 1.165) is 23.0 Å². The van der Waals surface area contributed by atoms with Crippen LogP contribution in [0.3, 0.4) is 0 Å². The number of pyridine rings is 1. The maximum Gasteiger partial charge on any atom is 0.253 e. The molecular weight excluding hydrogens is 402 g/mol. The number of para-hydroxylation sites is 1.